The zero-order valence-corrected chi connectivity index (χ0v) is 19.4. The number of fused-ring (bicyclic) bond motifs is 1. The molecular weight excluding hydrogens is 449 g/mol. The van der Waals surface area contributed by atoms with E-state index in [0.717, 1.165) is 18.9 Å². The summed E-state index contributed by atoms with van der Waals surface area (Å²) in [4.78, 5) is 30.9. The Hall–Kier alpha value is -3.63. The molecule has 3 heterocycles. The molecule has 0 bridgehead atoms. The second kappa shape index (κ2) is 12.0. The Morgan fingerprint density at radius 3 is 2.50 bits per heavy atom. The Labute approximate surface area is 195 Å². The number of aromatic nitrogens is 3. The van der Waals surface area contributed by atoms with Crippen molar-refractivity contribution in [3.8, 4) is 11.1 Å². The molecule has 3 aromatic rings. The zero-order valence-electron chi connectivity index (χ0n) is 19.4. The van der Waals surface area contributed by atoms with Crippen LogP contribution in [0.3, 0.4) is 0 Å². The summed E-state index contributed by atoms with van der Waals surface area (Å²) in [6.07, 6.45) is 2.45. The average Bonchev–Trinajstić information content (AvgIpc) is 3.18. The first-order valence-corrected chi connectivity index (χ1v) is 11.0. The first-order chi connectivity index (χ1) is 16.1. The number of halogens is 3. The van der Waals surface area contributed by atoms with Gasteiger partial charge in [0.2, 0.25) is 11.8 Å². The molecule has 0 spiro atoms. The van der Waals surface area contributed by atoms with Crippen molar-refractivity contribution in [2.24, 2.45) is 0 Å². The van der Waals surface area contributed by atoms with E-state index in [1.807, 2.05) is 13.8 Å². The van der Waals surface area contributed by atoms with Crippen molar-refractivity contribution in [1.29, 1.82) is 0 Å². The number of nitrogens with one attached hydrogen (secondary N) is 2. The molecule has 2 amide bonds. The van der Waals surface area contributed by atoms with Gasteiger partial charge in [0.1, 0.15) is 11.5 Å². The van der Waals surface area contributed by atoms with Crippen LogP contribution in [-0.2, 0) is 15.8 Å². The van der Waals surface area contributed by atoms with E-state index in [-0.39, 0.29) is 17.4 Å². The Kier molecular flexibility index (Phi) is 9.40. The van der Waals surface area contributed by atoms with E-state index in [1.54, 1.807) is 28.9 Å². The number of imidazole rings is 1. The highest BCUT2D eigenvalue weighted by molar-refractivity contribution is 5.90. The highest BCUT2D eigenvalue weighted by Crippen LogP contribution is 2.35. The van der Waals surface area contributed by atoms with Gasteiger partial charge in [0, 0.05) is 43.4 Å². The monoisotopic (exact) mass is 478 g/mol. The molecule has 184 valence electrons. The van der Waals surface area contributed by atoms with Crippen LogP contribution in [-0.4, -0.2) is 32.7 Å². The number of alkyl halides is 3. The summed E-state index contributed by atoms with van der Waals surface area (Å²) in [5, 5.41) is 5.42. The van der Waals surface area contributed by atoms with Crippen LogP contribution >= 0.6 is 0 Å². The maximum atomic E-state index is 13.1. The topological polar surface area (TPSA) is 114 Å². The maximum absolute atomic E-state index is 13.1. The number of nitrogen functional groups attached to an aromatic ring is 1. The van der Waals surface area contributed by atoms with Crippen molar-refractivity contribution in [3.63, 3.8) is 0 Å². The lowest BCUT2D eigenvalue weighted by molar-refractivity contribution is -0.137. The summed E-state index contributed by atoms with van der Waals surface area (Å²) >= 11 is 0. The van der Waals surface area contributed by atoms with Gasteiger partial charge in [0.15, 0.2) is 5.82 Å². The number of unbranched alkanes of at least 4 members (excludes halogenated alkanes) is 2. The Bertz CT molecular complexity index is 1130. The predicted molar refractivity (Wildman–Crippen MR) is 125 cm³/mol. The number of pyridine rings is 2. The summed E-state index contributed by atoms with van der Waals surface area (Å²) in [6, 6.07) is 4.21. The first-order valence-electron chi connectivity index (χ1n) is 11.0. The van der Waals surface area contributed by atoms with Crippen molar-refractivity contribution in [2.45, 2.75) is 52.6 Å². The summed E-state index contributed by atoms with van der Waals surface area (Å²) in [5.41, 5.74) is 5.64. The SMILES string of the molecule is CC.CC(=O)NCCCCCC(=O)Nc1cn2cc(-c3cnc(N)c(C(F)(F)F)c3)ccc2n1. The third-order valence-corrected chi connectivity index (χ3v) is 4.73. The molecule has 34 heavy (non-hydrogen) atoms. The molecule has 4 N–H and O–H groups in total. The quantitative estimate of drug-likeness (QED) is 0.408. The molecular formula is C23H29F3N6O2. The summed E-state index contributed by atoms with van der Waals surface area (Å²) in [5.74, 6) is -0.501. The smallest absolute Gasteiger partial charge is 0.383 e. The molecule has 0 aliphatic carbocycles. The molecule has 0 unspecified atom stereocenters. The Balaban J connectivity index is 0.00000199. The second-order valence-electron chi connectivity index (χ2n) is 7.31. The van der Waals surface area contributed by atoms with Crippen LogP contribution < -0.4 is 16.4 Å². The lowest BCUT2D eigenvalue weighted by Crippen LogP contribution is -2.20. The van der Waals surface area contributed by atoms with E-state index >= 15 is 0 Å². The highest BCUT2D eigenvalue weighted by atomic mass is 19.4. The fourth-order valence-corrected chi connectivity index (χ4v) is 3.14. The van der Waals surface area contributed by atoms with Gasteiger partial charge in [-0.05, 0) is 31.0 Å². The Morgan fingerprint density at radius 1 is 1.09 bits per heavy atom. The van der Waals surface area contributed by atoms with Crippen molar-refractivity contribution >= 4 is 29.1 Å². The molecule has 8 nitrogen and oxygen atoms in total. The summed E-state index contributed by atoms with van der Waals surface area (Å²) in [7, 11) is 0. The van der Waals surface area contributed by atoms with E-state index in [2.05, 4.69) is 20.6 Å². The third kappa shape index (κ3) is 7.46. The van der Waals surface area contributed by atoms with Crippen molar-refractivity contribution < 1.29 is 22.8 Å². The van der Waals surface area contributed by atoms with E-state index < -0.39 is 17.6 Å². The largest absolute Gasteiger partial charge is 0.419 e. The molecule has 3 rings (SSSR count). The number of nitrogens with zero attached hydrogens (tertiary/aromatic N) is 3. The molecule has 0 atom stereocenters. The lowest BCUT2D eigenvalue weighted by atomic mass is 10.1. The molecule has 3 aromatic heterocycles. The van der Waals surface area contributed by atoms with Gasteiger partial charge in [0.05, 0.1) is 11.8 Å². The van der Waals surface area contributed by atoms with Crippen LogP contribution in [0.2, 0.25) is 0 Å². The number of amides is 2. The highest BCUT2D eigenvalue weighted by Gasteiger charge is 2.34. The molecule has 11 heteroatoms. The number of rotatable bonds is 8. The van der Waals surface area contributed by atoms with Crippen LogP contribution in [0.4, 0.5) is 24.8 Å². The normalized spacial score (nSPS) is 11.0. The van der Waals surface area contributed by atoms with Crippen LogP contribution in [0.15, 0.2) is 36.8 Å². The Morgan fingerprint density at radius 2 is 1.82 bits per heavy atom. The van der Waals surface area contributed by atoms with Gasteiger partial charge in [-0.2, -0.15) is 13.2 Å². The number of nitrogens with two attached hydrogens (primary N) is 1. The van der Waals surface area contributed by atoms with Crippen LogP contribution in [0.1, 0.15) is 52.0 Å². The van der Waals surface area contributed by atoms with Crippen LogP contribution in [0.25, 0.3) is 16.8 Å². The molecule has 0 fully saturated rings. The van der Waals surface area contributed by atoms with Crippen molar-refractivity contribution in [3.05, 3.63) is 42.4 Å². The van der Waals surface area contributed by atoms with E-state index in [9.17, 15) is 22.8 Å². The van der Waals surface area contributed by atoms with Crippen molar-refractivity contribution in [2.75, 3.05) is 17.6 Å². The summed E-state index contributed by atoms with van der Waals surface area (Å²) in [6.45, 7) is 6.04. The van der Waals surface area contributed by atoms with Gasteiger partial charge >= 0.3 is 6.18 Å². The number of carbonyl (C=O) groups excluding carboxylic acids is 2. The zero-order chi connectivity index (χ0) is 25.3. The van der Waals surface area contributed by atoms with Gasteiger partial charge in [-0.1, -0.05) is 20.3 Å². The fraction of sp³-hybridized carbons (Fsp3) is 0.391. The average molecular weight is 479 g/mol. The minimum Gasteiger partial charge on any atom is -0.383 e. The second-order valence-corrected chi connectivity index (χ2v) is 7.31. The van der Waals surface area contributed by atoms with Gasteiger partial charge in [-0.25, -0.2) is 9.97 Å². The van der Waals surface area contributed by atoms with E-state index in [1.165, 1.54) is 13.1 Å². The molecule has 0 aliphatic heterocycles. The minimum absolute atomic E-state index is 0.0776. The van der Waals surface area contributed by atoms with Crippen LogP contribution in [0.5, 0.6) is 0 Å². The number of hydrogen-bond acceptors (Lipinski definition) is 5. The molecule has 0 aromatic carbocycles. The maximum Gasteiger partial charge on any atom is 0.419 e. The molecule has 0 aliphatic rings. The number of carbonyl (C=O) groups is 2. The van der Waals surface area contributed by atoms with Gasteiger partial charge < -0.3 is 20.8 Å². The van der Waals surface area contributed by atoms with Crippen LogP contribution in [0, 0.1) is 0 Å². The van der Waals surface area contributed by atoms with Gasteiger partial charge in [-0.3, -0.25) is 9.59 Å². The van der Waals surface area contributed by atoms with Gasteiger partial charge in [-0.15, -0.1) is 0 Å². The van der Waals surface area contributed by atoms with E-state index in [0.29, 0.717) is 36.4 Å². The molecule has 0 radical (unpaired) electrons. The molecule has 0 saturated carbocycles. The van der Waals surface area contributed by atoms with Gasteiger partial charge in [0.25, 0.3) is 0 Å². The standard InChI is InChI=1S/C21H23F3N6O2.C2H6/c1-13(31)26-8-4-2-3-5-19(32)29-17-12-30-11-14(6-7-18(30)28-17)15-9-16(21(22,23)24)20(25)27-10-15;1-2/h6-7,9-12H,2-5,8H2,1H3,(H2,25,27)(H,26,31)(H,29,32);1-2H3. The minimum atomic E-state index is -4.60. The molecule has 0 saturated heterocycles. The fourth-order valence-electron chi connectivity index (χ4n) is 3.14. The number of anilines is 2. The number of hydrogen-bond donors (Lipinski definition) is 3. The lowest BCUT2D eigenvalue weighted by Gasteiger charge is -2.11. The third-order valence-electron chi connectivity index (χ3n) is 4.73. The van der Waals surface area contributed by atoms with E-state index in [4.69, 9.17) is 5.73 Å². The van der Waals surface area contributed by atoms with Crippen molar-refractivity contribution in [1.82, 2.24) is 19.7 Å². The predicted octanol–water partition coefficient (Wildman–Crippen LogP) is 4.66. The first kappa shape index (κ1) is 26.6. The summed E-state index contributed by atoms with van der Waals surface area (Å²) < 4.78 is 40.9.